The smallest absolute Gasteiger partial charge is 0.264 e. The molecule has 1 fully saturated rings. The van der Waals surface area contributed by atoms with Crippen LogP contribution < -0.4 is 4.31 Å². The number of likely N-dealkylation sites (tertiary alicyclic amines) is 1. The number of nitrogens with zero attached hydrogens (tertiary/aromatic N) is 2. The van der Waals surface area contributed by atoms with Crippen molar-refractivity contribution >= 4 is 21.6 Å². The van der Waals surface area contributed by atoms with Crippen LogP contribution in [0.2, 0.25) is 0 Å². The minimum Gasteiger partial charge on any atom is -0.338 e. The first-order valence-electron chi connectivity index (χ1n) is 8.83. The average Bonchev–Trinajstić information content (AvgIpc) is 2.67. The van der Waals surface area contributed by atoms with Crippen LogP contribution in [0.15, 0.2) is 59.5 Å². The maximum atomic E-state index is 12.8. The summed E-state index contributed by atoms with van der Waals surface area (Å²) in [6, 6.07) is 15.1. The highest BCUT2D eigenvalue weighted by Crippen LogP contribution is 2.23. The van der Waals surface area contributed by atoms with Crippen molar-refractivity contribution in [3.8, 4) is 0 Å². The largest absolute Gasteiger partial charge is 0.338 e. The van der Waals surface area contributed by atoms with E-state index in [9.17, 15) is 13.2 Å². The number of carbonyl (C=O) groups is 1. The van der Waals surface area contributed by atoms with Gasteiger partial charge in [-0.05, 0) is 55.2 Å². The Morgan fingerprint density at radius 3 is 2.35 bits per heavy atom. The van der Waals surface area contributed by atoms with Crippen molar-refractivity contribution in [3.63, 3.8) is 0 Å². The fourth-order valence-electron chi connectivity index (χ4n) is 3.26. The molecule has 0 spiro atoms. The van der Waals surface area contributed by atoms with Crippen LogP contribution >= 0.6 is 0 Å². The van der Waals surface area contributed by atoms with E-state index in [4.69, 9.17) is 0 Å². The van der Waals surface area contributed by atoms with Crippen LogP contribution in [0.5, 0.6) is 0 Å². The number of para-hydroxylation sites is 1. The Morgan fingerprint density at radius 1 is 1.08 bits per heavy atom. The van der Waals surface area contributed by atoms with Crippen LogP contribution in [0.25, 0.3) is 0 Å². The third-order valence-electron chi connectivity index (χ3n) is 4.82. The van der Waals surface area contributed by atoms with Gasteiger partial charge in [0.05, 0.1) is 10.6 Å². The lowest BCUT2D eigenvalue weighted by Crippen LogP contribution is -2.39. The fourth-order valence-corrected chi connectivity index (χ4v) is 4.46. The van der Waals surface area contributed by atoms with Gasteiger partial charge < -0.3 is 4.90 Å². The molecular formula is C20H24N2O3S. The van der Waals surface area contributed by atoms with E-state index < -0.39 is 10.0 Å². The number of carbonyl (C=O) groups excluding carboxylic acids is 1. The normalized spacial score (nSPS) is 17.8. The van der Waals surface area contributed by atoms with Crippen molar-refractivity contribution in [1.82, 2.24) is 4.90 Å². The zero-order valence-electron chi connectivity index (χ0n) is 15.1. The summed E-state index contributed by atoms with van der Waals surface area (Å²) < 4.78 is 26.8. The van der Waals surface area contributed by atoms with Gasteiger partial charge in [0.1, 0.15) is 0 Å². The molecule has 0 saturated carbocycles. The number of hydrogen-bond acceptors (Lipinski definition) is 3. The molecule has 26 heavy (non-hydrogen) atoms. The van der Waals surface area contributed by atoms with E-state index in [1.165, 1.54) is 23.5 Å². The Hall–Kier alpha value is -2.34. The van der Waals surface area contributed by atoms with E-state index >= 15 is 0 Å². The summed E-state index contributed by atoms with van der Waals surface area (Å²) in [5.41, 5.74) is 1.12. The topological polar surface area (TPSA) is 57.7 Å². The Labute approximate surface area is 155 Å². The van der Waals surface area contributed by atoms with Gasteiger partial charge in [0.2, 0.25) is 0 Å². The van der Waals surface area contributed by atoms with E-state index in [1.54, 1.807) is 36.4 Å². The van der Waals surface area contributed by atoms with E-state index in [2.05, 4.69) is 6.92 Å². The van der Waals surface area contributed by atoms with E-state index in [0.29, 0.717) is 17.2 Å². The standard InChI is InChI=1S/C20H24N2O3S/c1-16-7-6-14-22(15-16)20(23)17-10-12-19(13-11-17)26(24,25)21(2)18-8-4-3-5-9-18/h3-5,8-13,16H,6-7,14-15H2,1-2H3/t16-/m0/s1. The van der Waals surface area contributed by atoms with Crippen molar-refractivity contribution in [2.75, 3.05) is 24.4 Å². The lowest BCUT2D eigenvalue weighted by Gasteiger charge is -2.31. The highest BCUT2D eigenvalue weighted by Gasteiger charge is 2.24. The highest BCUT2D eigenvalue weighted by atomic mass is 32.2. The molecule has 0 N–H and O–H groups in total. The molecule has 3 rings (SSSR count). The van der Waals surface area contributed by atoms with Gasteiger partial charge in [0, 0.05) is 25.7 Å². The van der Waals surface area contributed by atoms with Crippen LogP contribution in [0.3, 0.4) is 0 Å². The molecule has 0 aromatic heterocycles. The molecule has 2 aromatic carbocycles. The van der Waals surface area contributed by atoms with Crippen molar-refractivity contribution in [3.05, 3.63) is 60.2 Å². The third-order valence-corrected chi connectivity index (χ3v) is 6.62. The van der Waals surface area contributed by atoms with Crippen LogP contribution in [-0.2, 0) is 10.0 Å². The van der Waals surface area contributed by atoms with Crippen molar-refractivity contribution in [2.45, 2.75) is 24.7 Å². The summed E-state index contributed by atoms with van der Waals surface area (Å²) in [4.78, 5) is 14.7. The first-order valence-corrected chi connectivity index (χ1v) is 10.3. The molecule has 1 saturated heterocycles. The number of hydrogen-bond donors (Lipinski definition) is 0. The predicted octanol–water partition coefficient (Wildman–Crippen LogP) is 3.38. The SMILES string of the molecule is C[C@H]1CCCN(C(=O)c2ccc(S(=O)(=O)N(C)c3ccccc3)cc2)C1. The molecule has 6 heteroatoms. The molecule has 1 aliphatic heterocycles. The van der Waals surface area contributed by atoms with Crippen LogP contribution in [-0.4, -0.2) is 39.4 Å². The minimum atomic E-state index is -3.66. The third kappa shape index (κ3) is 3.75. The molecule has 1 amide bonds. The van der Waals surface area contributed by atoms with Gasteiger partial charge >= 0.3 is 0 Å². The molecule has 0 bridgehead atoms. The molecule has 2 aromatic rings. The molecule has 138 valence electrons. The number of rotatable bonds is 4. The molecular weight excluding hydrogens is 348 g/mol. The van der Waals surface area contributed by atoms with Gasteiger partial charge in [0.15, 0.2) is 0 Å². The molecule has 1 atom stereocenters. The Kier molecular flexibility index (Phi) is 5.32. The fraction of sp³-hybridized carbons (Fsp3) is 0.350. The van der Waals surface area contributed by atoms with Crippen LogP contribution in [0.1, 0.15) is 30.1 Å². The van der Waals surface area contributed by atoms with Crippen LogP contribution in [0, 0.1) is 5.92 Å². The van der Waals surface area contributed by atoms with E-state index in [1.807, 2.05) is 11.0 Å². The summed E-state index contributed by atoms with van der Waals surface area (Å²) in [6.07, 6.45) is 2.16. The van der Waals surface area contributed by atoms with Gasteiger partial charge in [0.25, 0.3) is 15.9 Å². The first kappa shape index (κ1) is 18.5. The zero-order chi connectivity index (χ0) is 18.7. The predicted molar refractivity (Wildman–Crippen MR) is 103 cm³/mol. The number of benzene rings is 2. The second kappa shape index (κ2) is 7.50. The molecule has 1 aliphatic rings. The highest BCUT2D eigenvalue weighted by molar-refractivity contribution is 7.92. The quantitative estimate of drug-likeness (QED) is 0.827. The van der Waals surface area contributed by atoms with Crippen molar-refractivity contribution in [2.24, 2.45) is 5.92 Å². The van der Waals surface area contributed by atoms with Gasteiger partial charge in [-0.3, -0.25) is 9.10 Å². The zero-order valence-corrected chi connectivity index (χ0v) is 15.9. The van der Waals surface area contributed by atoms with Gasteiger partial charge in [-0.15, -0.1) is 0 Å². The first-order chi connectivity index (χ1) is 12.4. The summed E-state index contributed by atoms with van der Waals surface area (Å²) in [5, 5.41) is 0. The van der Waals surface area contributed by atoms with E-state index in [0.717, 1.165) is 25.9 Å². The number of amides is 1. The number of anilines is 1. The van der Waals surface area contributed by atoms with Gasteiger partial charge in [-0.25, -0.2) is 8.42 Å². The summed E-state index contributed by atoms with van der Waals surface area (Å²) in [6.45, 7) is 3.67. The number of sulfonamides is 1. The Balaban J connectivity index is 1.79. The van der Waals surface area contributed by atoms with Gasteiger partial charge in [-0.2, -0.15) is 0 Å². The minimum absolute atomic E-state index is 0.0306. The molecule has 0 aliphatic carbocycles. The maximum Gasteiger partial charge on any atom is 0.264 e. The van der Waals surface area contributed by atoms with Gasteiger partial charge in [-0.1, -0.05) is 25.1 Å². The second-order valence-corrected chi connectivity index (χ2v) is 8.80. The number of piperidine rings is 1. The monoisotopic (exact) mass is 372 g/mol. The molecule has 0 unspecified atom stereocenters. The van der Waals surface area contributed by atoms with E-state index in [-0.39, 0.29) is 10.8 Å². The maximum absolute atomic E-state index is 12.8. The Bertz CT molecular complexity index is 864. The van der Waals surface area contributed by atoms with Crippen molar-refractivity contribution < 1.29 is 13.2 Å². The summed E-state index contributed by atoms with van der Waals surface area (Å²) >= 11 is 0. The average molecular weight is 372 g/mol. The summed E-state index contributed by atoms with van der Waals surface area (Å²) in [7, 11) is -2.13. The molecule has 0 radical (unpaired) electrons. The summed E-state index contributed by atoms with van der Waals surface area (Å²) in [5.74, 6) is 0.476. The lowest BCUT2D eigenvalue weighted by atomic mass is 9.99. The molecule has 1 heterocycles. The van der Waals surface area contributed by atoms with Crippen molar-refractivity contribution in [1.29, 1.82) is 0 Å². The lowest BCUT2D eigenvalue weighted by molar-refractivity contribution is 0.0683. The Morgan fingerprint density at radius 2 is 1.73 bits per heavy atom. The second-order valence-electron chi connectivity index (χ2n) is 6.83. The van der Waals surface area contributed by atoms with Crippen LogP contribution in [0.4, 0.5) is 5.69 Å². The molecule has 5 nitrogen and oxygen atoms in total.